The number of nitrogens with zero attached hydrogens (tertiary/aromatic N) is 2. The zero-order valence-corrected chi connectivity index (χ0v) is 13.5. The number of nitrogens with two attached hydrogens (primary N) is 1. The summed E-state index contributed by atoms with van der Waals surface area (Å²) in [6.07, 6.45) is 1.47. The number of esters is 1. The molecule has 3 rings (SSSR count). The van der Waals surface area contributed by atoms with Gasteiger partial charge in [0.25, 0.3) is 5.91 Å². The Bertz CT molecular complexity index is 919. The molecule has 7 nitrogen and oxygen atoms in total. The van der Waals surface area contributed by atoms with Crippen molar-refractivity contribution in [2.75, 3.05) is 11.1 Å². The van der Waals surface area contributed by atoms with E-state index in [0.29, 0.717) is 23.1 Å². The molecule has 2 aromatic carbocycles. The summed E-state index contributed by atoms with van der Waals surface area (Å²) in [5.74, 6) is 0.148. The molecule has 3 N–H and O–H groups in total. The van der Waals surface area contributed by atoms with E-state index in [1.807, 2.05) is 30.3 Å². The van der Waals surface area contributed by atoms with Crippen molar-refractivity contribution >= 4 is 23.6 Å². The number of anilines is 2. The summed E-state index contributed by atoms with van der Waals surface area (Å²) in [6.45, 7) is 1.30. The molecule has 0 fully saturated rings. The van der Waals surface area contributed by atoms with Gasteiger partial charge in [0.1, 0.15) is 11.6 Å². The number of amides is 1. The number of nitrogen functional groups attached to an aromatic ring is 1. The van der Waals surface area contributed by atoms with Crippen LogP contribution in [0.1, 0.15) is 17.3 Å². The molecule has 0 bridgehead atoms. The third kappa shape index (κ3) is 3.66. The highest BCUT2D eigenvalue weighted by Crippen LogP contribution is 2.21. The molecule has 0 aliphatic rings. The molecule has 0 unspecified atom stereocenters. The molecule has 0 spiro atoms. The quantitative estimate of drug-likeness (QED) is 0.563. The summed E-state index contributed by atoms with van der Waals surface area (Å²) in [5, 5.41) is 2.72. The van der Waals surface area contributed by atoms with Crippen molar-refractivity contribution in [1.29, 1.82) is 0 Å². The molecule has 126 valence electrons. The summed E-state index contributed by atoms with van der Waals surface area (Å²) in [4.78, 5) is 27.7. The normalized spacial score (nSPS) is 10.3. The van der Waals surface area contributed by atoms with Crippen LogP contribution in [0.5, 0.6) is 5.75 Å². The molecule has 0 atom stereocenters. The number of carbonyl (C=O) groups excluding carboxylic acids is 2. The fourth-order valence-electron chi connectivity index (χ4n) is 2.34. The number of benzene rings is 2. The van der Waals surface area contributed by atoms with E-state index in [1.165, 1.54) is 19.2 Å². The number of imidazole rings is 1. The number of ether oxygens (including phenoxy) is 1. The van der Waals surface area contributed by atoms with Crippen molar-refractivity contribution in [1.82, 2.24) is 9.55 Å². The van der Waals surface area contributed by atoms with E-state index in [-0.39, 0.29) is 0 Å². The van der Waals surface area contributed by atoms with Crippen LogP contribution in [0.15, 0.2) is 60.8 Å². The Balaban J connectivity index is 1.86. The molecular formula is C18H16N4O3. The van der Waals surface area contributed by atoms with Gasteiger partial charge >= 0.3 is 5.97 Å². The van der Waals surface area contributed by atoms with Crippen LogP contribution in [0.4, 0.5) is 11.8 Å². The first kappa shape index (κ1) is 16.3. The number of nitrogens with one attached hydrogen (secondary N) is 1. The van der Waals surface area contributed by atoms with Gasteiger partial charge in [-0.2, -0.15) is 0 Å². The van der Waals surface area contributed by atoms with Gasteiger partial charge in [-0.1, -0.05) is 24.3 Å². The zero-order valence-electron chi connectivity index (χ0n) is 13.5. The van der Waals surface area contributed by atoms with E-state index in [1.54, 1.807) is 22.8 Å². The molecule has 0 aliphatic carbocycles. The van der Waals surface area contributed by atoms with Gasteiger partial charge in [0.15, 0.2) is 0 Å². The van der Waals surface area contributed by atoms with E-state index in [9.17, 15) is 9.59 Å². The Morgan fingerprint density at radius 2 is 1.88 bits per heavy atom. The summed E-state index contributed by atoms with van der Waals surface area (Å²) >= 11 is 0. The predicted molar refractivity (Wildman–Crippen MR) is 93.7 cm³/mol. The Kier molecular flexibility index (Phi) is 4.47. The monoisotopic (exact) mass is 336 g/mol. The molecule has 25 heavy (non-hydrogen) atoms. The van der Waals surface area contributed by atoms with Gasteiger partial charge in [0.2, 0.25) is 5.95 Å². The fraction of sp³-hybridized carbons (Fsp3) is 0.0556. The molecule has 0 radical (unpaired) electrons. The molecule has 0 saturated carbocycles. The molecule has 7 heteroatoms. The Hall–Kier alpha value is -3.61. The second kappa shape index (κ2) is 6.88. The second-order valence-electron chi connectivity index (χ2n) is 5.25. The van der Waals surface area contributed by atoms with Gasteiger partial charge < -0.3 is 10.5 Å². The van der Waals surface area contributed by atoms with Crippen molar-refractivity contribution in [3.8, 4) is 11.4 Å². The van der Waals surface area contributed by atoms with Crippen molar-refractivity contribution in [2.45, 2.75) is 6.92 Å². The van der Waals surface area contributed by atoms with Crippen LogP contribution < -0.4 is 15.8 Å². The Labute approximate surface area is 144 Å². The largest absolute Gasteiger partial charge is 0.427 e. The third-order valence-electron chi connectivity index (χ3n) is 3.39. The van der Waals surface area contributed by atoms with Gasteiger partial charge in [-0.3, -0.25) is 19.5 Å². The van der Waals surface area contributed by atoms with E-state index >= 15 is 0 Å². The molecular weight excluding hydrogens is 320 g/mol. The van der Waals surface area contributed by atoms with E-state index in [2.05, 4.69) is 10.3 Å². The van der Waals surface area contributed by atoms with Gasteiger partial charge in [-0.05, 0) is 30.3 Å². The van der Waals surface area contributed by atoms with E-state index < -0.39 is 11.9 Å². The maximum absolute atomic E-state index is 12.5. The molecule has 0 saturated heterocycles. The first-order valence-corrected chi connectivity index (χ1v) is 7.53. The lowest BCUT2D eigenvalue weighted by Crippen LogP contribution is -2.16. The summed E-state index contributed by atoms with van der Waals surface area (Å²) in [6, 6.07) is 15.6. The van der Waals surface area contributed by atoms with Gasteiger partial charge in [-0.25, -0.2) is 4.98 Å². The van der Waals surface area contributed by atoms with Gasteiger partial charge in [-0.15, -0.1) is 0 Å². The smallest absolute Gasteiger partial charge is 0.308 e. The summed E-state index contributed by atoms with van der Waals surface area (Å²) < 4.78 is 6.63. The number of hydrogen-bond donors (Lipinski definition) is 2. The number of para-hydroxylation sites is 1. The van der Waals surface area contributed by atoms with Crippen LogP contribution in [0.2, 0.25) is 0 Å². The first-order valence-electron chi connectivity index (χ1n) is 7.53. The van der Waals surface area contributed by atoms with Gasteiger partial charge in [0, 0.05) is 12.5 Å². The van der Waals surface area contributed by atoms with Crippen molar-refractivity contribution in [3.63, 3.8) is 0 Å². The van der Waals surface area contributed by atoms with Crippen LogP contribution in [0.25, 0.3) is 5.69 Å². The minimum Gasteiger partial charge on any atom is -0.427 e. The summed E-state index contributed by atoms with van der Waals surface area (Å²) in [7, 11) is 0. The Morgan fingerprint density at radius 1 is 1.12 bits per heavy atom. The minimum absolute atomic E-state index is 0.297. The Morgan fingerprint density at radius 3 is 2.60 bits per heavy atom. The minimum atomic E-state index is -0.454. The maximum Gasteiger partial charge on any atom is 0.308 e. The van der Waals surface area contributed by atoms with Crippen molar-refractivity contribution in [3.05, 3.63) is 66.4 Å². The van der Waals surface area contributed by atoms with Crippen LogP contribution in [0.3, 0.4) is 0 Å². The number of carbonyl (C=O) groups is 2. The SMILES string of the molecule is CC(=O)Oc1cccc(C(=O)Nc2ncc(N)n2-c2ccccc2)c1. The van der Waals surface area contributed by atoms with Crippen LogP contribution in [-0.4, -0.2) is 21.4 Å². The average molecular weight is 336 g/mol. The third-order valence-corrected chi connectivity index (χ3v) is 3.39. The van der Waals surface area contributed by atoms with Gasteiger partial charge in [0.05, 0.1) is 11.9 Å². The summed E-state index contributed by atoms with van der Waals surface area (Å²) in [5.41, 5.74) is 7.07. The fourth-order valence-corrected chi connectivity index (χ4v) is 2.34. The number of hydrogen-bond acceptors (Lipinski definition) is 5. The van der Waals surface area contributed by atoms with E-state index in [0.717, 1.165) is 5.69 Å². The molecule has 0 aliphatic heterocycles. The van der Waals surface area contributed by atoms with Crippen molar-refractivity contribution in [2.24, 2.45) is 0 Å². The highest BCUT2D eigenvalue weighted by Gasteiger charge is 2.14. The van der Waals surface area contributed by atoms with Crippen LogP contribution in [-0.2, 0) is 4.79 Å². The molecule has 3 aromatic rings. The topological polar surface area (TPSA) is 99.2 Å². The zero-order chi connectivity index (χ0) is 17.8. The predicted octanol–water partition coefficient (Wildman–Crippen LogP) is 2.63. The molecule has 1 aromatic heterocycles. The lowest BCUT2D eigenvalue weighted by molar-refractivity contribution is -0.131. The molecule has 1 amide bonds. The van der Waals surface area contributed by atoms with Crippen molar-refractivity contribution < 1.29 is 14.3 Å². The van der Waals surface area contributed by atoms with Crippen LogP contribution in [0, 0.1) is 0 Å². The molecule has 1 heterocycles. The van der Waals surface area contributed by atoms with Crippen LogP contribution >= 0.6 is 0 Å². The standard InChI is InChI=1S/C18H16N4O3/c1-12(23)25-15-9-5-6-13(10-15)17(24)21-18-20-11-16(19)22(18)14-7-3-2-4-8-14/h2-11H,19H2,1H3,(H,20,21,24). The average Bonchev–Trinajstić information content (AvgIpc) is 2.95. The lowest BCUT2D eigenvalue weighted by atomic mass is 10.2. The first-order chi connectivity index (χ1) is 12.0. The number of rotatable bonds is 4. The second-order valence-corrected chi connectivity index (χ2v) is 5.25. The number of aromatic nitrogens is 2. The lowest BCUT2D eigenvalue weighted by Gasteiger charge is -2.11. The highest BCUT2D eigenvalue weighted by atomic mass is 16.5. The van der Waals surface area contributed by atoms with E-state index in [4.69, 9.17) is 10.5 Å². The highest BCUT2D eigenvalue weighted by molar-refractivity contribution is 6.04. The maximum atomic E-state index is 12.5.